The Labute approximate surface area is 249 Å². The molecule has 6 rings (SSSR count). The quantitative estimate of drug-likeness (QED) is 0.208. The lowest BCUT2D eigenvalue weighted by Gasteiger charge is -2.12. The highest BCUT2D eigenvalue weighted by Crippen LogP contribution is 2.32. The molecule has 1 amide bonds. The first-order chi connectivity index (χ1) is 21.1. The number of benzene rings is 4. The third-order valence-electron chi connectivity index (χ3n) is 7.42. The van der Waals surface area contributed by atoms with E-state index in [1.807, 2.05) is 66.9 Å². The number of amides is 1. The monoisotopic (exact) mass is 593 g/mol. The average Bonchev–Trinajstić information content (AvgIpc) is 3.27. The molecule has 0 atom stereocenters. The number of para-hydroxylation sites is 2. The molecule has 0 saturated carbocycles. The van der Waals surface area contributed by atoms with Crippen LogP contribution in [0.25, 0.3) is 33.2 Å². The molecule has 0 saturated heterocycles. The lowest BCUT2D eigenvalue weighted by Crippen LogP contribution is -2.21. The molecule has 2 heterocycles. The minimum atomic E-state index is -4.58. The molecule has 44 heavy (non-hydrogen) atoms. The molecule has 4 aromatic carbocycles. The van der Waals surface area contributed by atoms with Crippen molar-refractivity contribution in [2.45, 2.75) is 26.6 Å². The van der Waals surface area contributed by atoms with E-state index < -0.39 is 17.3 Å². The number of aryl methyl sites for hydroxylation is 1. The maximum Gasteiger partial charge on any atom is 0.416 e. The van der Waals surface area contributed by atoms with E-state index in [2.05, 4.69) is 15.4 Å². The van der Waals surface area contributed by atoms with E-state index in [4.69, 9.17) is 0 Å². The molecule has 0 unspecified atom stereocenters. The SMILES string of the molecule is Cc1ccc(NC(=O)Cn2c(C)c(C=Nn3c(-c4cccc(C(F)(F)F)c4)nc4ccccc4c3=O)c3ccccc32)cc1. The van der Waals surface area contributed by atoms with Crippen LogP contribution >= 0.6 is 0 Å². The van der Waals surface area contributed by atoms with Crippen molar-refractivity contribution in [1.82, 2.24) is 14.2 Å². The van der Waals surface area contributed by atoms with Crippen molar-refractivity contribution in [2.75, 3.05) is 5.32 Å². The number of nitrogens with zero attached hydrogens (tertiary/aromatic N) is 4. The molecular formula is C34H26F3N5O2. The summed E-state index contributed by atoms with van der Waals surface area (Å²) in [5.41, 5.74) is 2.95. The topological polar surface area (TPSA) is 81.3 Å². The standard InChI is InChI=1S/C34H26F3N5O2/c1-21-14-16-25(17-15-21)39-31(43)20-41-22(2)28(26-10-4-6-13-30(26)41)19-38-42-32(23-8-7-9-24(18-23)34(35,36)37)40-29-12-5-3-11-27(29)33(42)44/h3-19H,20H2,1-2H3,(H,39,43). The first-order valence-corrected chi connectivity index (χ1v) is 13.8. The molecule has 2 aromatic heterocycles. The minimum Gasteiger partial charge on any atom is -0.335 e. The fourth-order valence-electron chi connectivity index (χ4n) is 5.17. The van der Waals surface area contributed by atoms with Gasteiger partial charge in [0.05, 0.1) is 22.7 Å². The van der Waals surface area contributed by atoms with Gasteiger partial charge in [0.1, 0.15) is 6.54 Å². The number of anilines is 1. The number of halogens is 3. The molecule has 1 N–H and O–H groups in total. The highest BCUT2D eigenvalue weighted by Gasteiger charge is 2.31. The Kier molecular flexibility index (Phi) is 7.34. The highest BCUT2D eigenvalue weighted by atomic mass is 19.4. The highest BCUT2D eigenvalue weighted by molar-refractivity contribution is 6.02. The van der Waals surface area contributed by atoms with Gasteiger partial charge in [0, 0.05) is 33.4 Å². The van der Waals surface area contributed by atoms with Gasteiger partial charge in [-0.3, -0.25) is 9.59 Å². The van der Waals surface area contributed by atoms with Crippen LogP contribution in [0.2, 0.25) is 0 Å². The second-order valence-corrected chi connectivity index (χ2v) is 10.4. The van der Waals surface area contributed by atoms with Crippen molar-refractivity contribution in [1.29, 1.82) is 0 Å². The summed E-state index contributed by atoms with van der Waals surface area (Å²) in [6.45, 7) is 3.84. The molecule has 10 heteroatoms. The zero-order valence-electron chi connectivity index (χ0n) is 23.8. The van der Waals surface area contributed by atoms with Gasteiger partial charge in [-0.15, -0.1) is 0 Å². The lowest BCUT2D eigenvalue weighted by atomic mass is 10.1. The first kappa shape index (κ1) is 28.6. The van der Waals surface area contributed by atoms with E-state index in [9.17, 15) is 22.8 Å². The predicted molar refractivity (Wildman–Crippen MR) is 166 cm³/mol. The summed E-state index contributed by atoms with van der Waals surface area (Å²) >= 11 is 0. The summed E-state index contributed by atoms with van der Waals surface area (Å²) in [6.07, 6.45) is -3.09. The van der Waals surface area contributed by atoms with Crippen LogP contribution in [0.4, 0.5) is 18.9 Å². The van der Waals surface area contributed by atoms with Gasteiger partial charge in [-0.1, -0.05) is 60.2 Å². The molecule has 0 bridgehead atoms. The minimum absolute atomic E-state index is 0.0288. The van der Waals surface area contributed by atoms with Crippen LogP contribution in [0.1, 0.15) is 22.4 Å². The Morgan fingerprint density at radius 3 is 2.36 bits per heavy atom. The third kappa shape index (κ3) is 5.49. The fraction of sp³-hybridized carbons (Fsp3) is 0.118. The number of nitrogens with one attached hydrogen (secondary N) is 1. The molecule has 0 fully saturated rings. The van der Waals surface area contributed by atoms with Gasteiger partial charge in [0.2, 0.25) is 5.91 Å². The van der Waals surface area contributed by atoms with Crippen molar-refractivity contribution < 1.29 is 18.0 Å². The zero-order valence-corrected chi connectivity index (χ0v) is 23.8. The Morgan fingerprint density at radius 2 is 1.61 bits per heavy atom. The van der Waals surface area contributed by atoms with Gasteiger partial charge in [0.15, 0.2) is 5.82 Å². The molecule has 0 aliphatic carbocycles. The number of carbonyl (C=O) groups excluding carboxylic acids is 1. The van der Waals surface area contributed by atoms with Crippen molar-refractivity contribution in [3.63, 3.8) is 0 Å². The van der Waals surface area contributed by atoms with E-state index in [0.717, 1.165) is 39.0 Å². The van der Waals surface area contributed by atoms with Crippen molar-refractivity contribution >= 4 is 39.6 Å². The number of hydrogen-bond donors (Lipinski definition) is 1. The van der Waals surface area contributed by atoms with Gasteiger partial charge in [-0.25, -0.2) is 4.98 Å². The molecule has 0 spiro atoms. The van der Waals surface area contributed by atoms with Crippen LogP contribution in [-0.2, 0) is 17.5 Å². The second kappa shape index (κ2) is 11.3. The fourth-order valence-corrected chi connectivity index (χ4v) is 5.17. The maximum atomic E-state index is 13.6. The predicted octanol–water partition coefficient (Wildman–Crippen LogP) is 7.17. The van der Waals surface area contributed by atoms with Crippen LogP contribution in [0.15, 0.2) is 107 Å². The molecule has 7 nitrogen and oxygen atoms in total. The van der Waals surface area contributed by atoms with E-state index in [0.29, 0.717) is 16.8 Å². The summed E-state index contributed by atoms with van der Waals surface area (Å²) in [7, 11) is 0. The number of fused-ring (bicyclic) bond motifs is 2. The number of hydrogen-bond acceptors (Lipinski definition) is 4. The van der Waals surface area contributed by atoms with Gasteiger partial charge >= 0.3 is 6.18 Å². The van der Waals surface area contributed by atoms with Crippen molar-refractivity contribution in [3.8, 4) is 11.4 Å². The normalized spacial score (nSPS) is 11.9. The second-order valence-electron chi connectivity index (χ2n) is 10.4. The largest absolute Gasteiger partial charge is 0.416 e. The van der Waals surface area contributed by atoms with E-state index in [1.165, 1.54) is 18.3 Å². The van der Waals surface area contributed by atoms with Gasteiger partial charge in [-0.2, -0.15) is 22.9 Å². The number of aromatic nitrogens is 3. The van der Waals surface area contributed by atoms with Crippen molar-refractivity contribution in [3.05, 3.63) is 130 Å². The van der Waals surface area contributed by atoms with Gasteiger partial charge in [0.25, 0.3) is 5.56 Å². The van der Waals surface area contributed by atoms with Crippen LogP contribution in [0, 0.1) is 13.8 Å². The Balaban J connectivity index is 1.44. The van der Waals surface area contributed by atoms with Gasteiger partial charge < -0.3 is 9.88 Å². The summed E-state index contributed by atoms with van der Waals surface area (Å²) in [4.78, 5) is 31.2. The molecule has 0 radical (unpaired) electrons. The number of alkyl halides is 3. The number of rotatable bonds is 6. The average molecular weight is 594 g/mol. The van der Waals surface area contributed by atoms with Gasteiger partial charge in [-0.05, 0) is 56.3 Å². The lowest BCUT2D eigenvalue weighted by molar-refractivity contribution is -0.137. The third-order valence-corrected chi connectivity index (χ3v) is 7.42. The summed E-state index contributed by atoms with van der Waals surface area (Å²) in [6, 6.07) is 26.2. The van der Waals surface area contributed by atoms with Crippen LogP contribution in [0.5, 0.6) is 0 Å². The smallest absolute Gasteiger partial charge is 0.335 e. The Bertz CT molecular complexity index is 2130. The molecule has 0 aliphatic heterocycles. The molecule has 0 aliphatic rings. The van der Waals surface area contributed by atoms with E-state index in [1.54, 1.807) is 24.3 Å². The number of carbonyl (C=O) groups is 1. The molecule has 6 aromatic rings. The van der Waals surface area contributed by atoms with E-state index in [-0.39, 0.29) is 29.2 Å². The van der Waals surface area contributed by atoms with Crippen molar-refractivity contribution in [2.24, 2.45) is 5.10 Å². The summed E-state index contributed by atoms with van der Waals surface area (Å²) < 4.78 is 43.6. The molecular weight excluding hydrogens is 567 g/mol. The summed E-state index contributed by atoms with van der Waals surface area (Å²) in [5.74, 6) is -0.252. The zero-order chi connectivity index (χ0) is 31.0. The van der Waals surface area contributed by atoms with Crippen LogP contribution < -0.4 is 10.9 Å². The van der Waals surface area contributed by atoms with E-state index >= 15 is 0 Å². The maximum absolute atomic E-state index is 13.6. The Hall–Kier alpha value is -5.51. The summed E-state index contributed by atoms with van der Waals surface area (Å²) in [5, 5.41) is 8.47. The first-order valence-electron chi connectivity index (χ1n) is 13.8. The van der Waals surface area contributed by atoms with Crippen LogP contribution in [-0.4, -0.2) is 26.3 Å². The Morgan fingerprint density at radius 1 is 0.909 bits per heavy atom. The molecule has 220 valence electrons. The van der Waals surface area contributed by atoms with Crippen LogP contribution in [0.3, 0.4) is 0 Å².